The van der Waals surface area contributed by atoms with E-state index in [-0.39, 0.29) is 46.9 Å². The molecule has 3 aromatic rings. The maximum Gasteiger partial charge on any atom is 0.419 e. The molecule has 1 unspecified atom stereocenters. The lowest BCUT2D eigenvalue weighted by atomic mass is 10.1. The number of amides is 1. The molecule has 47 heavy (non-hydrogen) atoms. The number of benzene rings is 1. The Bertz CT molecular complexity index is 1740. The van der Waals surface area contributed by atoms with Crippen LogP contribution in [0.5, 0.6) is 0 Å². The molecule has 5 rings (SSSR count). The molecule has 2 aliphatic heterocycles. The lowest BCUT2D eigenvalue weighted by Crippen LogP contribution is -2.60. The molecule has 1 aromatic carbocycles. The molecule has 2 aliphatic rings. The third kappa shape index (κ3) is 7.01. The highest BCUT2D eigenvalue weighted by molar-refractivity contribution is 9.10. The van der Waals surface area contributed by atoms with E-state index >= 15 is 0 Å². The molecule has 1 atom stereocenters. The van der Waals surface area contributed by atoms with Gasteiger partial charge in [0.25, 0.3) is 5.56 Å². The Morgan fingerprint density at radius 2 is 1.81 bits per heavy atom. The van der Waals surface area contributed by atoms with E-state index in [9.17, 15) is 28.0 Å². The minimum atomic E-state index is -4.77. The van der Waals surface area contributed by atoms with Crippen LogP contribution >= 0.6 is 15.9 Å². The number of ether oxygens (including phenoxy) is 1. The first-order valence-corrected chi connectivity index (χ1v) is 16.2. The number of likely N-dealkylation sites (N-methyl/N-ethyl adjacent to an activating group) is 1. The number of hydrogen-bond donors (Lipinski definition) is 0. The molecule has 252 valence electrons. The lowest BCUT2D eigenvalue weighted by molar-refractivity contribution is -0.138. The maximum atomic E-state index is 14.1. The van der Waals surface area contributed by atoms with Crippen LogP contribution in [0.25, 0.3) is 16.6 Å². The van der Waals surface area contributed by atoms with Crippen molar-refractivity contribution in [3.8, 4) is 11.8 Å². The van der Waals surface area contributed by atoms with Gasteiger partial charge in [0.2, 0.25) is 5.95 Å². The molecule has 4 heterocycles. The molecule has 1 amide bonds. The largest absolute Gasteiger partial charge is 0.444 e. The normalized spacial score (nSPS) is 17.6. The van der Waals surface area contributed by atoms with Crippen molar-refractivity contribution in [2.75, 3.05) is 55.6 Å². The number of piperazine rings is 1. The number of carbonyl (C=O) groups is 1. The number of fused-ring (bicyclic) bond motifs is 1. The van der Waals surface area contributed by atoms with Crippen molar-refractivity contribution >= 4 is 44.7 Å². The molecule has 0 saturated carbocycles. The fourth-order valence-electron chi connectivity index (χ4n) is 6.00. The highest BCUT2D eigenvalue weighted by Crippen LogP contribution is 2.39. The summed E-state index contributed by atoms with van der Waals surface area (Å²) in [7, 11) is 0. The van der Waals surface area contributed by atoms with Crippen molar-refractivity contribution in [3.63, 3.8) is 0 Å². The van der Waals surface area contributed by atoms with Crippen LogP contribution in [-0.2, 0) is 10.9 Å². The first-order valence-electron chi connectivity index (χ1n) is 15.4. The van der Waals surface area contributed by atoms with Crippen molar-refractivity contribution < 1.29 is 22.7 Å². The monoisotopic (exact) mass is 719 g/mol. The number of nitriles is 1. The van der Waals surface area contributed by atoms with Crippen LogP contribution in [0.15, 0.2) is 33.7 Å². The number of carbonyl (C=O) groups excluding carboxylic acids is 1. The molecule has 0 aliphatic carbocycles. The van der Waals surface area contributed by atoms with Gasteiger partial charge < -0.3 is 19.4 Å². The van der Waals surface area contributed by atoms with E-state index in [1.807, 2.05) is 9.80 Å². The second kappa shape index (κ2) is 13.3. The maximum absolute atomic E-state index is 14.1. The van der Waals surface area contributed by atoms with Gasteiger partial charge >= 0.3 is 12.3 Å². The second-order valence-corrected chi connectivity index (χ2v) is 13.4. The van der Waals surface area contributed by atoms with E-state index < -0.39 is 40.7 Å². The summed E-state index contributed by atoms with van der Waals surface area (Å²) in [6.45, 7) is 13.1. The smallest absolute Gasteiger partial charge is 0.419 e. The number of aromatic nitrogens is 4. The molecule has 2 aromatic heterocycles. The Hall–Kier alpha value is -3.97. The molecule has 2 fully saturated rings. The number of halogens is 4. The third-order valence-corrected chi connectivity index (χ3v) is 8.99. The summed E-state index contributed by atoms with van der Waals surface area (Å²) in [5.41, 5.74) is -3.13. The summed E-state index contributed by atoms with van der Waals surface area (Å²) in [5, 5.41) is 14.0. The Morgan fingerprint density at radius 1 is 1.11 bits per heavy atom. The minimum absolute atomic E-state index is 0.0252. The second-order valence-electron chi connectivity index (χ2n) is 12.5. The van der Waals surface area contributed by atoms with E-state index in [1.54, 1.807) is 20.8 Å². The van der Waals surface area contributed by atoms with Crippen LogP contribution in [0.1, 0.15) is 46.6 Å². The average molecular weight is 721 g/mol. The number of rotatable bonds is 7. The summed E-state index contributed by atoms with van der Waals surface area (Å²) < 4.78 is 48.5. The highest BCUT2D eigenvalue weighted by Gasteiger charge is 2.39. The predicted molar refractivity (Wildman–Crippen MR) is 174 cm³/mol. The van der Waals surface area contributed by atoms with Gasteiger partial charge in [-0.05, 0) is 46.0 Å². The molecule has 0 N–H and O–H groups in total. The summed E-state index contributed by atoms with van der Waals surface area (Å²) in [6, 6.07) is 5.69. The topological polar surface area (TPSA) is 124 Å². The van der Waals surface area contributed by atoms with Gasteiger partial charge in [0.1, 0.15) is 16.9 Å². The molecule has 16 heteroatoms. The van der Waals surface area contributed by atoms with Crippen LogP contribution in [0.4, 0.5) is 29.7 Å². The van der Waals surface area contributed by atoms with Gasteiger partial charge in [-0.25, -0.2) is 9.78 Å². The zero-order valence-electron chi connectivity index (χ0n) is 26.9. The van der Waals surface area contributed by atoms with Gasteiger partial charge in [-0.2, -0.15) is 33.2 Å². The number of alkyl halides is 3. The van der Waals surface area contributed by atoms with E-state index in [1.165, 1.54) is 29.3 Å². The SMILES string of the molecule is CCN(CC)C1CN(c2nc(N3CCN(C(=O)OC(C)(C)C)C(CC#N)C3)c3cnn(-c4cccc(Br)c4C(F)(F)F)c(=O)c3n2)C1. The number of anilines is 2. The van der Waals surface area contributed by atoms with E-state index in [2.05, 4.69) is 50.8 Å². The number of nitrogens with zero attached hydrogens (tertiary/aromatic N) is 9. The fourth-order valence-corrected chi connectivity index (χ4v) is 6.58. The van der Waals surface area contributed by atoms with Crippen LogP contribution in [0, 0.1) is 11.3 Å². The van der Waals surface area contributed by atoms with Crippen LogP contribution in [0.3, 0.4) is 0 Å². The van der Waals surface area contributed by atoms with Gasteiger partial charge in [-0.15, -0.1) is 0 Å². The van der Waals surface area contributed by atoms with Gasteiger partial charge in [-0.1, -0.05) is 35.8 Å². The highest BCUT2D eigenvalue weighted by atomic mass is 79.9. The summed E-state index contributed by atoms with van der Waals surface area (Å²) in [6.07, 6.45) is -3.98. The molecular weight excluding hydrogens is 683 g/mol. The van der Waals surface area contributed by atoms with Gasteiger partial charge in [0.15, 0.2) is 0 Å². The van der Waals surface area contributed by atoms with Crippen LogP contribution < -0.4 is 15.4 Å². The van der Waals surface area contributed by atoms with Gasteiger partial charge in [0, 0.05) is 43.2 Å². The summed E-state index contributed by atoms with van der Waals surface area (Å²) in [5.74, 6) is 0.618. The zero-order valence-corrected chi connectivity index (χ0v) is 28.5. The molecule has 2 saturated heterocycles. The summed E-state index contributed by atoms with van der Waals surface area (Å²) >= 11 is 2.98. The Labute approximate surface area is 278 Å². The molecular formula is C31H37BrF3N9O3. The van der Waals surface area contributed by atoms with Crippen molar-refractivity contribution in [2.45, 2.75) is 64.9 Å². The Balaban J connectivity index is 1.61. The third-order valence-electron chi connectivity index (χ3n) is 8.33. The van der Waals surface area contributed by atoms with E-state index in [0.29, 0.717) is 30.1 Å². The Morgan fingerprint density at radius 3 is 2.43 bits per heavy atom. The van der Waals surface area contributed by atoms with Crippen molar-refractivity contribution in [2.24, 2.45) is 0 Å². The first-order chi connectivity index (χ1) is 22.2. The number of hydrogen-bond acceptors (Lipinski definition) is 10. The van der Waals surface area contributed by atoms with Gasteiger partial charge in [-0.3, -0.25) is 9.69 Å². The fraction of sp³-hybridized carbons (Fsp3) is 0.548. The van der Waals surface area contributed by atoms with Crippen LogP contribution in [-0.4, -0.2) is 99.1 Å². The predicted octanol–water partition coefficient (Wildman–Crippen LogP) is 4.83. The van der Waals surface area contributed by atoms with Gasteiger partial charge in [0.05, 0.1) is 41.4 Å². The minimum Gasteiger partial charge on any atom is -0.444 e. The standard InChI is InChI=1S/C31H37BrF3N9O3/c1-6-40(7-2)20-17-42(18-20)28-38-25-21(15-37-44(27(25)45)23-10-8-9-22(32)24(23)31(33,34)35)26(39-28)41-13-14-43(19(16-41)11-12-36)29(46)47-30(3,4)5/h8-10,15,19-20H,6-7,11,13-14,16-18H2,1-5H3. The average Bonchev–Trinajstić information content (AvgIpc) is 2.97. The van der Waals surface area contributed by atoms with Crippen LogP contribution in [0.2, 0.25) is 0 Å². The zero-order chi connectivity index (χ0) is 34.3. The molecule has 12 nitrogen and oxygen atoms in total. The Kier molecular flexibility index (Phi) is 9.70. The van der Waals surface area contributed by atoms with Crippen molar-refractivity contribution in [1.29, 1.82) is 5.26 Å². The lowest BCUT2D eigenvalue weighted by Gasteiger charge is -2.45. The first kappa shape index (κ1) is 34.4. The molecule has 0 radical (unpaired) electrons. The van der Waals surface area contributed by atoms with Crippen molar-refractivity contribution in [3.05, 3.63) is 44.8 Å². The van der Waals surface area contributed by atoms with E-state index in [4.69, 9.17) is 9.72 Å². The molecule has 0 bridgehead atoms. The molecule has 0 spiro atoms. The van der Waals surface area contributed by atoms with Crippen molar-refractivity contribution in [1.82, 2.24) is 29.5 Å². The van der Waals surface area contributed by atoms with E-state index in [0.717, 1.165) is 13.1 Å². The summed E-state index contributed by atoms with van der Waals surface area (Å²) in [4.78, 5) is 44.1. The quantitative estimate of drug-likeness (QED) is 0.336.